The van der Waals surface area contributed by atoms with Crippen molar-refractivity contribution in [1.82, 2.24) is 10.2 Å². The van der Waals surface area contributed by atoms with Crippen molar-refractivity contribution in [1.29, 1.82) is 0 Å². The van der Waals surface area contributed by atoms with Crippen LogP contribution >= 0.6 is 35.0 Å². The summed E-state index contributed by atoms with van der Waals surface area (Å²) in [6, 6.07) is 22.2. The number of hydrogen-bond acceptors (Lipinski definition) is 3. The van der Waals surface area contributed by atoms with Gasteiger partial charge in [-0.25, -0.2) is 0 Å². The van der Waals surface area contributed by atoms with Gasteiger partial charge in [-0.05, 0) is 50.6 Å². The number of hydrogen-bond donors (Lipinski definition) is 1. The summed E-state index contributed by atoms with van der Waals surface area (Å²) in [6.45, 7) is 5.97. The third-order valence-corrected chi connectivity index (χ3v) is 7.18. The molecular formula is C28H30Cl2N2O2S. The minimum absolute atomic E-state index is 0.0661. The molecule has 1 unspecified atom stereocenters. The van der Waals surface area contributed by atoms with Crippen LogP contribution in [0, 0.1) is 6.92 Å². The van der Waals surface area contributed by atoms with Crippen molar-refractivity contribution in [3.05, 3.63) is 99.5 Å². The molecule has 0 aliphatic rings. The molecule has 3 aromatic rings. The Morgan fingerprint density at radius 2 is 1.54 bits per heavy atom. The molecule has 0 aliphatic carbocycles. The average molecular weight is 530 g/mol. The summed E-state index contributed by atoms with van der Waals surface area (Å²) >= 11 is 14.4. The Labute approximate surface area is 222 Å². The predicted octanol–water partition coefficient (Wildman–Crippen LogP) is 6.56. The van der Waals surface area contributed by atoms with Gasteiger partial charge in [0.05, 0.1) is 5.75 Å². The fourth-order valence-electron chi connectivity index (χ4n) is 3.65. The number of nitrogens with zero attached hydrogens (tertiary/aromatic N) is 1. The standard InChI is InChI=1S/C28H30Cl2N2O2S/c1-19(2)31-28(34)26(16-21-8-5-4-6-9-21)32(17-23-24(29)10-7-11-25(23)30)27(33)18-35-22-14-12-20(3)13-15-22/h4-15,19,26H,16-18H2,1-3H3,(H,31,34). The quantitative estimate of drug-likeness (QED) is 0.303. The number of carbonyl (C=O) groups excluding carboxylic acids is 2. The molecule has 0 bridgehead atoms. The van der Waals surface area contributed by atoms with Crippen molar-refractivity contribution in [3.8, 4) is 0 Å². The highest BCUT2D eigenvalue weighted by Crippen LogP contribution is 2.28. The zero-order valence-corrected chi connectivity index (χ0v) is 22.5. The van der Waals surface area contributed by atoms with Gasteiger partial charge in [-0.1, -0.05) is 77.3 Å². The van der Waals surface area contributed by atoms with Gasteiger partial charge in [0.2, 0.25) is 11.8 Å². The molecule has 0 saturated carbocycles. The lowest BCUT2D eigenvalue weighted by molar-refractivity contribution is -0.139. The number of thioether (sulfide) groups is 1. The minimum atomic E-state index is -0.724. The lowest BCUT2D eigenvalue weighted by Gasteiger charge is -2.32. The maximum atomic E-state index is 13.7. The van der Waals surface area contributed by atoms with Gasteiger partial charge in [0.15, 0.2) is 0 Å². The zero-order chi connectivity index (χ0) is 25.4. The van der Waals surface area contributed by atoms with Gasteiger partial charge in [-0.3, -0.25) is 9.59 Å². The molecule has 0 saturated heterocycles. The second kappa shape index (κ2) is 13.0. The first-order chi connectivity index (χ1) is 16.7. The summed E-state index contributed by atoms with van der Waals surface area (Å²) in [7, 11) is 0. The predicted molar refractivity (Wildman–Crippen MR) is 146 cm³/mol. The Kier molecular flexibility index (Phi) is 10.1. The van der Waals surface area contributed by atoms with Gasteiger partial charge in [0, 0.05) is 39.5 Å². The number of aryl methyl sites for hydroxylation is 1. The van der Waals surface area contributed by atoms with Crippen LogP contribution in [-0.2, 0) is 22.6 Å². The van der Waals surface area contributed by atoms with E-state index >= 15 is 0 Å². The van der Waals surface area contributed by atoms with E-state index in [4.69, 9.17) is 23.2 Å². The fraction of sp³-hybridized carbons (Fsp3) is 0.286. The van der Waals surface area contributed by atoms with Crippen molar-refractivity contribution in [2.75, 3.05) is 5.75 Å². The molecule has 3 rings (SSSR count). The molecule has 0 spiro atoms. The monoisotopic (exact) mass is 528 g/mol. The van der Waals surface area contributed by atoms with Crippen LogP contribution in [-0.4, -0.2) is 34.6 Å². The third-order valence-electron chi connectivity index (χ3n) is 5.48. The molecule has 184 valence electrons. The van der Waals surface area contributed by atoms with Gasteiger partial charge in [0.1, 0.15) is 6.04 Å². The van der Waals surface area contributed by atoms with Crippen LogP contribution in [0.1, 0.15) is 30.5 Å². The lowest BCUT2D eigenvalue weighted by Crippen LogP contribution is -2.52. The van der Waals surface area contributed by atoms with Crippen LogP contribution in [0.15, 0.2) is 77.7 Å². The maximum Gasteiger partial charge on any atom is 0.243 e. The molecule has 0 radical (unpaired) electrons. The van der Waals surface area contributed by atoms with Crippen LogP contribution < -0.4 is 5.32 Å². The second-order valence-electron chi connectivity index (χ2n) is 8.69. The summed E-state index contributed by atoms with van der Waals surface area (Å²) < 4.78 is 0. The molecule has 1 N–H and O–H groups in total. The summed E-state index contributed by atoms with van der Waals surface area (Å²) in [4.78, 5) is 29.7. The Hall–Kier alpha value is -2.47. The van der Waals surface area contributed by atoms with Gasteiger partial charge in [-0.2, -0.15) is 0 Å². The van der Waals surface area contributed by atoms with Crippen LogP contribution in [0.3, 0.4) is 0 Å². The number of carbonyl (C=O) groups is 2. The number of amides is 2. The third kappa shape index (κ3) is 8.03. The Bertz CT molecular complexity index is 1120. The molecule has 2 amide bonds. The molecule has 0 aromatic heterocycles. The topological polar surface area (TPSA) is 49.4 Å². The van der Waals surface area contributed by atoms with E-state index in [1.165, 1.54) is 11.8 Å². The maximum absolute atomic E-state index is 13.7. The Balaban J connectivity index is 1.95. The average Bonchev–Trinajstić information content (AvgIpc) is 2.82. The highest BCUT2D eigenvalue weighted by molar-refractivity contribution is 8.00. The lowest BCUT2D eigenvalue weighted by atomic mass is 10.0. The first kappa shape index (κ1) is 27.1. The van der Waals surface area contributed by atoms with Crippen molar-refractivity contribution < 1.29 is 9.59 Å². The van der Waals surface area contributed by atoms with E-state index in [-0.39, 0.29) is 30.2 Å². The van der Waals surface area contributed by atoms with Crippen LogP contribution in [0.4, 0.5) is 0 Å². The van der Waals surface area contributed by atoms with E-state index in [0.717, 1.165) is 16.0 Å². The molecule has 1 atom stereocenters. The molecule has 35 heavy (non-hydrogen) atoms. The van der Waals surface area contributed by atoms with Crippen molar-refractivity contribution in [3.63, 3.8) is 0 Å². The van der Waals surface area contributed by atoms with Gasteiger partial charge in [-0.15, -0.1) is 11.8 Å². The molecule has 3 aromatic carbocycles. The number of halogens is 2. The van der Waals surface area contributed by atoms with E-state index in [9.17, 15) is 9.59 Å². The summed E-state index contributed by atoms with van der Waals surface area (Å²) in [5, 5.41) is 3.91. The fourth-order valence-corrected chi connectivity index (χ4v) is 4.95. The summed E-state index contributed by atoms with van der Waals surface area (Å²) in [6.07, 6.45) is 0.377. The van der Waals surface area contributed by atoms with Gasteiger partial charge >= 0.3 is 0 Å². The Morgan fingerprint density at radius 3 is 2.14 bits per heavy atom. The number of nitrogens with one attached hydrogen (secondary N) is 1. The number of benzene rings is 3. The molecular weight excluding hydrogens is 499 g/mol. The minimum Gasteiger partial charge on any atom is -0.352 e. The molecule has 0 aliphatic heterocycles. The number of rotatable bonds is 10. The molecule has 0 heterocycles. The first-order valence-electron chi connectivity index (χ1n) is 11.5. The highest BCUT2D eigenvalue weighted by Gasteiger charge is 2.31. The van der Waals surface area contributed by atoms with Gasteiger partial charge < -0.3 is 10.2 Å². The molecule has 7 heteroatoms. The summed E-state index contributed by atoms with van der Waals surface area (Å²) in [5.41, 5.74) is 2.74. The summed E-state index contributed by atoms with van der Waals surface area (Å²) in [5.74, 6) is -0.183. The van der Waals surface area contributed by atoms with Crippen molar-refractivity contribution >= 4 is 46.8 Å². The smallest absolute Gasteiger partial charge is 0.243 e. The SMILES string of the molecule is Cc1ccc(SCC(=O)N(Cc2c(Cl)cccc2Cl)C(Cc2ccccc2)C(=O)NC(C)C)cc1. The highest BCUT2D eigenvalue weighted by atomic mass is 35.5. The van der Waals surface area contributed by atoms with Crippen molar-refractivity contribution in [2.24, 2.45) is 0 Å². The van der Waals surface area contributed by atoms with Crippen LogP contribution in [0.2, 0.25) is 10.0 Å². The second-order valence-corrected chi connectivity index (χ2v) is 10.6. The zero-order valence-electron chi connectivity index (χ0n) is 20.1. The van der Waals surface area contributed by atoms with E-state index < -0.39 is 6.04 Å². The van der Waals surface area contributed by atoms with E-state index in [0.29, 0.717) is 22.0 Å². The normalized spacial score (nSPS) is 11.8. The first-order valence-corrected chi connectivity index (χ1v) is 13.2. The van der Waals surface area contributed by atoms with E-state index in [1.807, 2.05) is 75.4 Å². The molecule has 0 fully saturated rings. The molecule has 4 nitrogen and oxygen atoms in total. The van der Waals surface area contributed by atoms with E-state index in [2.05, 4.69) is 5.32 Å². The van der Waals surface area contributed by atoms with Gasteiger partial charge in [0.25, 0.3) is 0 Å². The van der Waals surface area contributed by atoms with Crippen LogP contribution in [0.5, 0.6) is 0 Å². The largest absolute Gasteiger partial charge is 0.352 e. The van der Waals surface area contributed by atoms with Crippen LogP contribution in [0.25, 0.3) is 0 Å². The van der Waals surface area contributed by atoms with Crippen molar-refractivity contribution in [2.45, 2.75) is 50.7 Å². The van der Waals surface area contributed by atoms with E-state index in [1.54, 1.807) is 23.1 Å². The Morgan fingerprint density at radius 1 is 0.914 bits per heavy atom.